The molecule has 8 heteroatoms. The van der Waals surface area contributed by atoms with E-state index in [1.165, 1.54) is 3.97 Å². The van der Waals surface area contributed by atoms with Crippen LogP contribution in [0.5, 0.6) is 5.75 Å². The Bertz CT molecular complexity index is 1490. The number of aromatic nitrogens is 1. The molecule has 0 amide bonds. The zero-order valence-corrected chi connectivity index (χ0v) is 24.6. The maximum atomic E-state index is 14.2. The molecule has 0 bridgehead atoms. The molecule has 204 valence electrons. The molecule has 1 aliphatic rings. The Morgan fingerprint density at radius 3 is 2.42 bits per heavy atom. The molecule has 3 atom stereocenters. The number of rotatable bonds is 9. The average Bonchev–Trinajstić information content (AvgIpc) is 3.25. The third kappa shape index (κ3) is 4.56. The summed E-state index contributed by atoms with van der Waals surface area (Å²) < 4.78 is 50.9. The van der Waals surface area contributed by atoms with Crippen LogP contribution in [0, 0.1) is 5.41 Å². The molecule has 3 aromatic rings. The van der Waals surface area contributed by atoms with E-state index in [9.17, 15) is 12.6 Å². The highest BCUT2D eigenvalue weighted by Gasteiger charge is 2.49. The number of hydrogen-bond acceptors (Lipinski definition) is 4. The lowest BCUT2D eigenvalue weighted by molar-refractivity contribution is 0.153. The van der Waals surface area contributed by atoms with Gasteiger partial charge in [0, 0.05) is 34.7 Å². The molecule has 0 radical (unpaired) electrons. The largest absolute Gasteiger partial charge is 0.497 e. The van der Waals surface area contributed by atoms with Gasteiger partial charge in [0.15, 0.2) is 0 Å². The van der Waals surface area contributed by atoms with Gasteiger partial charge in [0.05, 0.1) is 28.3 Å². The van der Waals surface area contributed by atoms with Gasteiger partial charge in [-0.1, -0.05) is 37.3 Å². The molecular formula is C30H38N2O4S2. The predicted molar refractivity (Wildman–Crippen MR) is 156 cm³/mol. The summed E-state index contributed by atoms with van der Waals surface area (Å²) >= 11 is 0. The van der Waals surface area contributed by atoms with Crippen LogP contribution in [0.25, 0.3) is 10.9 Å². The van der Waals surface area contributed by atoms with Gasteiger partial charge in [0.2, 0.25) is 0 Å². The first kappa shape index (κ1) is 28.3. The van der Waals surface area contributed by atoms with E-state index in [0.717, 1.165) is 17.4 Å². The van der Waals surface area contributed by atoms with Crippen molar-refractivity contribution in [1.29, 1.82) is 0 Å². The quantitative estimate of drug-likeness (QED) is 0.287. The lowest BCUT2D eigenvalue weighted by Gasteiger charge is -2.48. The molecule has 0 saturated heterocycles. The Morgan fingerprint density at radius 2 is 1.87 bits per heavy atom. The van der Waals surface area contributed by atoms with Crippen molar-refractivity contribution in [1.82, 2.24) is 8.28 Å². The van der Waals surface area contributed by atoms with Gasteiger partial charge in [0.1, 0.15) is 16.7 Å². The van der Waals surface area contributed by atoms with Crippen LogP contribution in [0.4, 0.5) is 0 Å². The van der Waals surface area contributed by atoms with Gasteiger partial charge in [-0.3, -0.25) is 0 Å². The lowest BCUT2D eigenvalue weighted by Crippen LogP contribution is -2.48. The molecular weight excluding hydrogens is 516 g/mol. The van der Waals surface area contributed by atoms with Gasteiger partial charge in [0.25, 0.3) is 10.0 Å². The summed E-state index contributed by atoms with van der Waals surface area (Å²) in [6, 6.07) is 13.7. The van der Waals surface area contributed by atoms with Gasteiger partial charge >= 0.3 is 0 Å². The minimum absolute atomic E-state index is 0.219. The Kier molecular flexibility index (Phi) is 7.81. The van der Waals surface area contributed by atoms with Crippen LogP contribution in [0.3, 0.4) is 0 Å². The third-order valence-electron chi connectivity index (χ3n) is 7.60. The van der Waals surface area contributed by atoms with Crippen molar-refractivity contribution in [2.75, 3.05) is 13.7 Å². The van der Waals surface area contributed by atoms with Gasteiger partial charge in [-0.05, 0) is 64.3 Å². The Balaban J connectivity index is 2.14. The van der Waals surface area contributed by atoms with Crippen LogP contribution in [0.2, 0.25) is 0 Å². The lowest BCUT2D eigenvalue weighted by atomic mass is 9.67. The number of ether oxygens (including phenoxy) is 1. The fourth-order valence-electron chi connectivity index (χ4n) is 5.64. The van der Waals surface area contributed by atoms with E-state index >= 15 is 0 Å². The first-order valence-corrected chi connectivity index (χ1v) is 15.5. The average molecular weight is 555 g/mol. The van der Waals surface area contributed by atoms with Crippen LogP contribution in [0.1, 0.15) is 57.8 Å². The van der Waals surface area contributed by atoms with Crippen molar-refractivity contribution in [2.24, 2.45) is 5.41 Å². The second-order valence-corrected chi connectivity index (χ2v) is 14.7. The van der Waals surface area contributed by atoms with Crippen LogP contribution < -0.4 is 4.74 Å². The highest BCUT2D eigenvalue weighted by atomic mass is 32.2. The van der Waals surface area contributed by atoms with E-state index in [0.29, 0.717) is 36.3 Å². The topological polar surface area (TPSA) is 68.6 Å². The molecule has 0 aliphatic heterocycles. The van der Waals surface area contributed by atoms with E-state index < -0.39 is 31.2 Å². The Hall–Kier alpha value is -2.68. The molecule has 1 heterocycles. The summed E-state index contributed by atoms with van der Waals surface area (Å²) in [4.78, 5) is 0.219. The summed E-state index contributed by atoms with van der Waals surface area (Å²) in [6.45, 7) is 16.6. The molecule has 0 fully saturated rings. The zero-order valence-electron chi connectivity index (χ0n) is 22.9. The highest BCUT2D eigenvalue weighted by Crippen LogP contribution is 2.54. The second kappa shape index (κ2) is 10.5. The fourth-order valence-corrected chi connectivity index (χ4v) is 8.69. The monoisotopic (exact) mass is 554 g/mol. The first-order valence-electron chi connectivity index (χ1n) is 12.9. The molecule has 38 heavy (non-hydrogen) atoms. The second-order valence-electron chi connectivity index (χ2n) is 10.8. The van der Waals surface area contributed by atoms with Gasteiger partial charge in [-0.25, -0.2) is 20.9 Å². The van der Waals surface area contributed by atoms with Gasteiger partial charge < -0.3 is 4.74 Å². The summed E-state index contributed by atoms with van der Waals surface area (Å²) in [6.07, 6.45) is 5.74. The van der Waals surface area contributed by atoms with Crippen molar-refractivity contribution in [3.05, 3.63) is 85.1 Å². The van der Waals surface area contributed by atoms with Crippen LogP contribution in [0.15, 0.2) is 78.7 Å². The molecule has 0 spiro atoms. The smallest absolute Gasteiger partial charge is 0.268 e. The van der Waals surface area contributed by atoms with E-state index in [4.69, 9.17) is 4.74 Å². The molecule has 2 aromatic carbocycles. The van der Waals surface area contributed by atoms with Crippen molar-refractivity contribution in [3.8, 4) is 5.75 Å². The van der Waals surface area contributed by atoms with Crippen molar-refractivity contribution in [3.63, 3.8) is 0 Å². The number of benzene rings is 2. The highest BCUT2D eigenvalue weighted by molar-refractivity contribution is 7.90. The SMILES string of the molecule is C=CCN([C@@H]1c2c(n(S(=O)(=O)c3ccccc3)c3cc(OC)ccc23)CC[C@@]1(C=C)CC)[S@](=O)C(C)(C)C. The fraction of sp³-hybridized carbons (Fsp3) is 0.400. The van der Waals surface area contributed by atoms with E-state index in [-0.39, 0.29) is 10.9 Å². The summed E-state index contributed by atoms with van der Waals surface area (Å²) in [5, 5.41) is 0.810. The summed E-state index contributed by atoms with van der Waals surface area (Å²) in [7, 11) is -3.75. The molecule has 6 nitrogen and oxygen atoms in total. The third-order valence-corrected chi connectivity index (χ3v) is 11.2. The minimum Gasteiger partial charge on any atom is -0.497 e. The molecule has 0 unspecified atom stereocenters. The summed E-state index contributed by atoms with van der Waals surface area (Å²) in [5.74, 6) is 0.570. The van der Waals surface area contributed by atoms with Crippen LogP contribution in [-0.4, -0.2) is 39.3 Å². The van der Waals surface area contributed by atoms with Crippen LogP contribution >= 0.6 is 0 Å². The van der Waals surface area contributed by atoms with Crippen molar-refractivity contribution < 1.29 is 17.4 Å². The molecule has 1 aliphatic carbocycles. The molecule has 0 N–H and O–H groups in total. The molecule has 4 rings (SSSR count). The number of methoxy groups -OCH3 is 1. The minimum atomic E-state index is -3.93. The predicted octanol–water partition coefficient (Wildman–Crippen LogP) is 6.41. The number of nitrogens with zero attached hydrogens (tertiary/aromatic N) is 2. The Morgan fingerprint density at radius 1 is 1.18 bits per heavy atom. The Labute approximate surface area is 229 Å². The number of fused-ring (bicyclic) bond motifs is 3. The molecule has 0 saturated carbocycles. The maximum Gasteiger partial charge on any atom is 0.268 e. The summed E-state index contributed by atoms with van der Waals surface area (Å²) in [5.41, 5.74) is 1.74. The zero-order chi connectivity index (χ0) is 27.9. The van der Waals surface area contributed by atoms with E-state index in [2.05, 4.69) is 20.1 Å². The molecule has 1 aromatic heterocycles. The van der Waals surface area contributed by atoms with Crippen molar-refractivity contribution in [2.45, 2.75) is 62.6 Å². The van der Waals surface area contributed by atoms with E-state index in [1.54, 1.807) is 49.6 Å². The number of hydrogen-bond donors (Lipinski definition) is 0. The van der Waals surface area contributed by atoms with Gasteiger partial charge in [-0.2, -0.15) is 0 Å². The van der Waals surface area contributed by atoms with E-state index in [1.807, 2.05) is 43.3 Å². The maximum absolute atomic E-state index is 14.2. The first-order chi connectivity index (χ1) is 18.0. The van der Waals surface area contributed by atoms with Gasteiger partial charge in [-0.15, -0.1) is 13.2 Å². The standard InChI is InChI=1S/C30H38N2O4S2/c1-8-20-31(37(33)29(4,5)6)28-27-24-17-16-22(36-7)21-26(24)32(25(27)18-19-30(28,9-2)10-3)38(34,35)23-14-12-11-13-15-23/h8-9,11-17,21,28H,1-2,10,18-20H2,3-7H3/t28-,30-,37-/m1/s1. The van der Waals surface area contributed by atoms with Crippen molar-refractivity contribution >= 4 is 31.9 Å². The van der Waals surface area contributed by atoms with Crippen LogP contribution in [-0.2, 0) is 27.4 Å². The normalized spacial score (nSPS) is 20.7.